The van der Waals surface area contributed by atoms with Crippen molar-refractivity contribution in [1.29, 1.82) is 5.26 Å². The van der Waals surface area contributed by atoms with Gasteiger partial charge in [0.2, 0.25) is 0 Å². The van der Waals surface area contributed by atoms with Gasteiger partial charge in [-0.25, -0.2) is 0 Å². The van der Waals surface area contributed by atoms with Crippen LogP contribution >= 0.6 is 0 Å². The van der Waals surface area contributed by atoms with Crippen LogP contribution in [0.15, 0.2) is 30.5 Å². The summed E-state index contributed by atoms with van der Waals surface area (Å²) in [6.07, 6.45) is 7.01. The van der Waals surface area contributed by atoms with Gasteiger partial charge in [0, 0.05) is 22.7 Å². The van der Waals surface area contributed by atoms with Gasteiger partial charge in [0.25, 0.3) is 0 Å². The summed E-state index contributed by atoms with van der Waals surface area (Å²) in [7, 11) is 0. The van der Waals surface area contributed by atoms with Gasteiger partial charge >= 0.3 is 0 Å². The number of aromatic amines is 1. The zero-order valence-electron chi connectivity index (χ0n) is 11.1. The highest BCUT2D eigenvalue weighted by molar-refractivity contribution is 5.83. The van der Waals surface area contributed by atoms with Gasteiger partial charge in [0.1, 0.15) is 6.04 Å². The Morgan fingerprint density at radius 1 is 1.11 bits per heavy atom. The fourth-order valence-electron chi connectivity index (χ4n) is 3.02. The fourth-order valence-corrected chi connectivity index (χ4v) is 3.02. The minimum absolute atomic E-state index is 0.116. The number of aromatic nitrogens is 1. The van der Waals surface area contributed by atoms with Gasteiger partial charge in [-0.2, -0.15) is 5.26 Å². The van der Waals surface area contributed by atoms with Gasteiger partial charge in [0.15, 0.2) is 0 Å². The quantitative estimate of drug-likeness (QED) is 0.888. The molecule has 0 radical (unpaired) electrons. The molecule has 2 aromatic rings. The second-order valence-corrected chi connectivity index (χ2v) is 5.27. The highest BCUT2D eigenvalue weighted by atomic mass is 15.2. The van der Waals surface area contributed by atoms with Crippen molar-refractivity contribution in [2.24, 2.45) is 0 Å². The van der Waals surface area contributed by atoms with Crippen LogP contribution in [0.4, 0.5) is 0 Å². The van der Waals surface area contributed by atoms with E-state index in [1.165, 1.54) is 31.1 Å². The lowest BCUT2D eigenvalue weighted by atomic mass is 10.1. The first kappa shape index (κ1) is 12.3. The lowest BCUT2D eigenvalue weighted by molar-refractivity contribution is 0.247. The molecule has 1 N–H and O–H groups in total. The van der Waals surface area contributed by atoms with E-state index in [0.717, 1.165) is 24.2 Å². The third-order valence-corrected chi connectivity index (χ3v) is 4.04. The minimum Gasteiger partial charge on any atom is -0.361 e. The molecule has 1 aromatic heterocycles. The third kappa shape index (κ3) is 2.36. The van der Waals surface area contributed by atoms with E-state index >= 15 is 0 Å². The van der Waals surface area contributed by atoms with Crippen molar-refractivity contribution in [2.45, 2.75) is 31.7 Å². The standard InChI is InChI=1S/C16H19N3/c17-11-16(19-9-5-1-2-6-10-19)14-12-18-15-8-4-3-7-13(14)15/h3-4,7-8,12,16,18H,1-2,5-6,9-10H2/t16-/m1/s1. The molecule has 98 valence electrons. The van der Waals surface area contributed by atoms with E-state index in [1.807, 2.05) is 18.3 Å². The van der Waals surface area contributed by atoms with Crippen LogP contribution in [0.3, 0.4) is 0 Å². The van der Waals surface area contributed by atoms with Crippen molar-refractivity contribution >= 4 is 10.9 Å². The van der Waals surface area contributed by atoms with Crippen molar-refractivity contribution in [2.75, 3.05) is 13.1 Å². The van der Waals surface area contributed by atoms with Gasteiger partial charge in [-0.15, -0.1) is 0 Å². The maximum Gasteiger partial charge on any atom is 0.125 e. The lowest BCUT2D eigenvalue weighted by Gasteiger charge is -2.25. The molecule has 0 aliphatic carbocycles. The molecule has 0 amide bonds. The van der Waals surface area contributed by atoms with Gasteiger partial charge in [-0.1, -0.05) is 31.0 Å². The van der Waals surface area contributed by atoms with Crippen molar-refractivity contribution in [3.05, 3.63) is 36.0 Å². The molecular formula is C16H19N3. The maximum atomic E-state index is 9.60. The topological polar surface area (TPSA) is 42.8 Å². The van der Waals surface area contributed by atoms with Crippen LogP contribution in [0.25, 0.3) is 10.9 Å². The first-order valence-corrected chi connectivity index (χ1v) is 7.10. The summed E-state index contributed by atoms with van der Waals surface area (Å²) in [5, 5.41) is 10.8. The van der Waals surface area contributed by atoms with Crippen LogP contribution < -0.4 is 0 Å². The van der Waals surface area contributed by atoms with E-state index in [2.05, 4.69) is 28.1 Å². The molecule has 0 spiro atoms. The number of fused-ring (bicyclic) bond motifs is 1. The Morgan fingerprint density at radius 2 is 1.84 bits per heavy atom. The Bertz CT molecular complexity index is 585. The molecule has 0 unspecified atom stereocenters. The van der Waals surface area contributed by atoms with E-state index in [9.17, 15) is 5.26 Å². The van der Waals surface area contributed by atoms with Crippen molar-refractivity contribution in [3.8, 4) is 6.07 Å². The minimum atomic E-state index is -0.116. The summed E-state index contributed by atoms with van der Waals surface area (Å²) >= 11 is 0. The number of rotatable bonds is 2. The molecule has 3 rings (SSSR count). The van der Waals surface area contributed by atoms with Gasteiger partial charge < -0.3 is 4.98 Å². The number of benzene rings is 1. The SMILES string of the molecule is N#C[C@H](c1c[nH]c2ccccc12)N1CCCCCC1. The number of nitrogens with one attached hydrogen (secondary N) is 1. The number of nitrogens with zero attached hydrogens (tertiary/aromatic N) is 2. The molecule has 1 saturated heterocycles. The Labute approximate surface area is 113 Å². The highest BCUT2D eigenvalue weighted by Crippen LogP contribution is 2.29. The molecule has 2 heterocycles. The van der Waals surface area contributed by atoms with E-state index < -0.39 is 0 Å². The second kappa shape index (κ2) is 5.46. The summed E-state index contributed by atoms with van der Waals surface area (Å²) < 4.78 is 0. The number of nitriles is 1. The monoisotopic (exact) mass is 253 g/mol. The van der Waals surface area contributed by atoms with Crippen molar-refractivity contribution < 1.29 is 0 Å². The first-order chi connectivity index (χ1) is 9.40. The number of hydrogen-bond donors (Lipinski definition) is 1. The summed E-state index contributed by atoms with van der Waals surface area (Å²) in [6, 6.07) is 10.6. The third-order valence-electron chi connectivity index (χ3n) is 4.04. The number of likely N-dealkylation sites (tertiary alicyclic amines) is 1. The first-order valence-electron chi connectivity index (χ1n) is 7.10. The van der Waals surface area contributed by atoms with E-state index in [-0.39, 0.29) is 6.04 Å². The van der Waals surface area contributed by atoms with Crippen molar-refractivity contribution in [1.82, 2.24) is 9.88 Å². The Balaban J connectivity index is 1.95. The molecule has 19 heavy (non-hydrogen) atoms. The molecule has 1 aliphatic heterocycles. The van der Waals surface area contributed by atoms with E-state index in [4.69, 9.17) is 0 Å². The van der Waals surface area contributed by atoms with E-state index in [1.54, 1.807) is 0 Å². The number of hydrogen-bond acceptors (Lipinski definition) is 2. The molecule has 3 nitrogen and oxygen atoms in total. The lowest BCUT2D eigenvalue weighted by Crippen LogP contribution is -2.28. The van der Waals surface area contributed by atoms with Crippen molar-refractivity contribution in [3.63, 3.8) is 0 Å². The summed E-state index contributed by atoms with van der Waals surface area (Å²) in [4.78, 5) is 5.62. The predicted molar refractivity (Wildman–Crippen MR) is 76.7 cm³/mol. The van der Waals surface area contributed by atoms with Crippen LogP contribution in [0.1, 0.15) is 37.3 Å². The predicted octanol–water partition coefficient (Wildman–Crippen LogP) is 3.61. The number of H-pyrrole nitrogens is 1. The molecule has 1 aliphatic rings. The van der Waals surface area contributed by atoms with Crippen LogP contribution in [-0.4, -0.2) is 23.0 Å². The molecule has 1 atom stereocenters. The summed E-state index contributed by atoms with van der Waals surface area (Å²) in [5.74, 6) is 0. The maximum absolute atomic E-state index is 9.60. The molecule has 0 saturated carbocycles. The average Bonchev–Trinajstić information content (AvgIpc) is 2.69. The molecule has 1 aromatic carbocycles. The normalized spacial score (nSPS) is 18.9. The summed E-state index contributed by atoms with van der Waals surface area (Å²) in [6.45, 7) is 2.08. The van der Waals surface area contributed by atoms with Crippen LogP contribution in [0, 0.1) is 11.3 Å². The zero-order chi connectivity index (χ0) is 13.1. The fraction of sp³-hybridized carbons (Fsp3) is 0.438. The van der Waals surface area contributed by atoms with Crippen LogP contribution in [-0.2, 0) is 0 Å². The number of para-hydroxylation sites is 1. The molecule has 1 fully saturated rings. The van der Waals surface area contributed by atoms with E-state index in [0.29, 0.717) is 0 Å². The van der Waals surface area contributed by atoms with Gasteiger partial charge in [0.05, 0.1) is 6.07 Å². The van der Waals surface area contributed by atoms with Crippen LogP contribution in [0.2, 0.25) is 0 Å². The largest absolute Gasteiger partial charge is 0.361 e. The Kier molecular flexibility index (Phi) is 3.52. The second-order valence-electron chi connectivity index (χ2n) is 5.27. The molecule has 0 bridgehead atoms. The zero-order valence-corrected chi connectivity index (χ0v) is 11.1. The van der Waals surface area contributed by atoms with Gasteiger partial charge in [-0.3, -0.25) is 4.90 Å². The summed E-state index contributed by atoms with van der Waals surface area (Å²) in [5.41, 5.74) is 2.24. The average molecular weight is 253 g/mol. The smallest absolute Gasteiger partial charge is 0.125 e. The molecule has 3 heteroatoms. The molecular weight excluding hydrogens is 234 g/mol. The Morgan fingerprint density at radius 3 is 2.58 bits per heavy atom. The van der Waals surface area contributed by atoms with Gasteiger partial charge in [-0.05, 0) is 32.0 Å². The Hall–Kier alpha value is -1.79. The highest BCUT2D eigenvalue weighted by Gasteiger charge is 2.23. The van der Waals surface area contributed by atoms with Crippen LogP contribution in [0.5, 0.6) is 0 Å².